The zero-order chi connectivity index (χ0) is 12.3. The summed E-state index contributed by atoms with van der Waals surface area (Å²) in [5.41, 5.74) is 0. The van der Waals surface area contributed by atoms with Crippen LogP contribution in [0.3, 0.4) is 0 Å². The first-order valence-electron chi connectivity index (χ1n) is 4.33. The van der Waals surface area contributed by atoms with Crippen molar-refractivity contribution in [3.8, 4) is 0 Å². The van der Waals surface area contributed by atoms with E-state index < -0.39 is 10.0 Å². The molecule has 0 spiro atoms. The van der Waals surface area contributed by atoms with Crippen molar-refractivity contribution in [1.29, 1.82) is 0 Å². The van der Waals surface area contributed by atoms with E-state index in [4.69, 9.17) is 27.9 Å². The van der Waals surface area contributed by atoms with Crippen molar-refractivity contribution in [2.75, 3.05) is 13.7 Å². The van der Waals surface area contributed by atoms with E-state index in [2.05, 4.69) is 4.72 Å². The number of hydrogen-bond acceptors (Lipinski definition) is 4. The third-order valence-electron chi connectivity index (χ3n) is 1.69. The Hall–Kier alpha value is 0.150. The van der Waals surface area contributed by atoms with Crippen molar-refractivity contribution in [2.24, 2.45) is 0 Å². The van der Waals surface area contributed by atoms with Gasteiger partial charge in [-0.05, 0) is 13.0 Å². The molecular formula is C8H11Cl2NO3S2. The minimum atomic E-state index is -3.63. The van der Waals surface area contributed by atoms with Crippen LogP contribution in [0.2, 0.25) is 8.67 Å². The molecule has 1 unspecified atom stereocenters. The molecule has 0 saturated heterocycles. The highest BCUT2D eigenvalue weighted by Crippen LogP contribution is 2.34. The minimum absolute atomic E-state index is 0.00659. The number of hydrogen-bond donors (Lipinski definition) is 1. The van der Waals surface area contributed by atoms with E-state index in [9.17, 15) is 8.42 Å². The van der Waals surface area contributed by atoms with Gasteiger partial charge in [-0.1, -0.05) is 23.2 Å². The van der Waals surface area contributed by atoms with Gasteiger partial charge in [0.2, 0.25) is 10.0 Å². The molecule has 0 aromatic carbocycles. The van der Waals surface area contributed by atoms with Crippen LogP contribution in [-0.2, 0) is 14.8 Å². The molecule has 0 bridgehead atoms. The second-order valence-electron chi connectivity index (χ2n) is 3.17. The quantitative estimate of drug-likeness (QED) is 0.908. The van der Waals surface area contributed by atoms with Gasteiger partial charge in [-0.15, -0.1) is 11.3 Å². The summed E-state index contributed by atoms with van der Waals surface area (Å²) >= 11 is 12.5. The lowest BCUT2D eigenvalue weighted by atomic mass is 10.4. The van der Waals surface area contributed by atoms with Crippen molar-refractivity contribution < 1.29 is 13.2 Å². The third-order valence-corrected chi connectivity index (χ3v) is 5.03. The van der Waals surface area contributed by atoms with Gasteiger partial charge < -0.3 is 4.74 Å². The van der Waals surface area contributed by atoms with Gasteiger partial charge in [0, 0.05) is 13.2 Å². The molecule has 0 fully saturated rings. The Labute approximate surface area is 109 Å². The Morgan fingerprint density at radius 1 is 1.56 bits per heavy atom. The van der Waals surface area contributed by atoms with E-state index in [0.717, 1.165) is 11.3 Å². The van der Waals surface area contributed by atoms with Crippen LogP contribution in [0, 0.1) is 0 Å². The van der Waals surface area contributed by atoms with Gasteiger partial charge in [-0.25, -0.2) is 13.1 Å². The Kier molecular flexibility index (Phi) is 5.03. The normalized spacial score (nSPS) is 14.0. The average molecular weight is 304 g/mol. The number of rotatable bonds is 5. The first-order chi connectivity index (χ1) is 7.36. The van der Waals surface area contributed by atoms with Crippen molar-refractivity contribution in [1.82, 2.24) is 4.72 Å². The van der Waals surface area contributed by atoms with E-state index in [1.165, 1.54) is 13.2 Å². The lowest BCUT2D eigenvalue weighted by Crippen LogP contribution is -2.35. The van der Waals surface area contributed by atoms with Crippen molar-refractivity contribution in [3.05, 3.63) is 14.7 Å². The molecule has 0 saturated carbocycles. The molecule has 4 nitrogen and oxygen atoms in total. The maximum absolute atomic E-state index is 11.8. The summed E-state index contributed by atoms with van der Waals surface area (Å²) in [6.45, 7) is 1.98. The van der Waals surface area contributed by atoms with E-state index in [-0.39, 0.29) is 21.9 Å². The molecule has 1 N–H and O–H groups in total. The summed E-state index contributed by atoms with van der Waals surface area (Å²) in [5.74, 6) is 0. The third kappa shape index (κ3) is 3.58. The molecule has 0 aliphatic carbocycles. The van der Waals surface area contributed by atoms with Crippen molar-refractivity contribution in [3.63, 3.8) is 0 Å². The maximum Gasteiger partial charge on any atom is 0.243 e. The smallest absolute Gasteiger partial charge is 0.243 e. The summed E-state index contributed by atoms with van der Waals surface area (Å²) in [6, 6.07) is 1.00. The number of thiophene rings is 1. The zero-order valence-corrected chi connectivity index (χ0v) is 11.8. The van der Waals surface area contributed by atoms with Gasteiger partial charge in [0.25, 0.3) is 0 Å². The largest absolute Gasteiger partial charge is 0.383 e. The van der Waals surface area contributed by atoms with Crippen LogP contribution in [-0.4, -0.2) is 28.2 Å². The molecule has 0 amide bonds. The average Bonchev–Trinajstić information content (AvgIpc) is 2.45. The van der Waals surface area contributed by atoms with Gasteiger partial charge in [0.15, 0.2) is 0 Å². The molecule has 0 radical (unpaired) electrons. The van der Waals surface area contributed by atoms with Gasteiger partial charge in [-0.3, -0.25) is 0 Å². The van der Waals surface area contributed by atoms with Gasteiger partial charge >= 0.3 is 0 Å². The second kappa shape index (κ2) is 5.66. The van der Waals surface area contributed by atoms with Crippen LogP contribution in [0.15, 0.2) is 11.0 Å². The Morgan fingerprint density at radius 2 is 2.19 bits per heavy atom. The number of methoxy groups -OCH3 is 1. The fourth-order valence-electron chi connectivity index (χ4n) is 1.12. The van der Waals surface area contributed by atoms with Crippen LogP contribution >= 0.6 is 34.5 Å². The molecular weight excluding hydrogens is 293 g/mol. The number of ether oxygens (including phenoxy) is 1. The molecule has 8 heteroatoms. The predicted molar refractivity (Wildman–Crippen MR) is 66.0 cm³/mol. The summed E-state index contributed by atoms with van der Waals surface area (Å²) in [6.07, 6.45) is 0. The predicted octanol–water partition coefficient (Wildman–Crippen LogP) is 2.37. The SMILES string of the molecule is COCC(C)NS(=O)(=O)c1cc(Cl)sc1Cl. The van der Waals surface area contributed by atoms with Crippen LogP contribution in [0.25, 0.3) is 0 Å². The van der Waals surface area contributed by atoms with Crippen LogP contribution < -0.4 is 4.72 Å². The Bertz CT molecular complexity index is 458. The molecule has 0 aliphatic heterocycles. The van der Waals surface area contributed by atoms with Crippen LogP contribution in [0.1, 0.15) is 6.92 Å². The van der Waals surface area contributed by atoms with E-state index >= 15 is 0 Å². The highest BCUT2D eigenvalue weighted by atomic mass is 35.5. The first-order valence-corrected chi connectivity index (χ1v) is 7.38. The van der Waals surface area contributed by atoms with E-state index in [0.29, 0.717) is 4.34 Å². The molecule has 92 valence electrons. The van der Waals surface area contributed by atoms with Crippen molar-refractivity contribution in [2.45, 2.75) is 17.9 Å². The molecule has 1 atom stereocenters. The lowest BCUT2D eigenvalue weighted by Gasteiger charge is -2.12. The van der Waals surface area contributed by atoms with Crippen LogP contribution in [0.4, 0.5) is 0 Å². The molecule has 1 aromatic heterocycles. The van der Waals surface area contributed by atoms with E-state index in [1.807, 2.05) is 0 Å². The summed E-state index contributed by atoms with van der Waals surface area (Å²) in [5, 5.41) is 0. The molecule has 1 heterocycles. The molecule has 0 aliphatic rings. The second-order valence-corrected chi connectivity index (χ2v) is 7.13. The summed E-state index contributed by atoms with van der Waals surface area (Å²) in [4.78, 5) is 0.00659. The number of sulfonamides is 1. The fraction of sp³-hybridized carbons (Fsp3) is 0.500. The monoisotopic (exact) mass is 303 g/mol. The topological polar surface area (TPSA) is 55.4 Å². The van der Waals surface area contributed by atoms with E-state index in [1.54, 1.807) is 6.92 Å². The lowest BCUT2D eigenvalue weighted by molar-refractivity contribution is 0.180. The highest BCUT2D eigenvalue weighted by Gasteiger charge is 2.22. The molecule has 1 rings (SSSR count). The fourth-order valence-corrected chi connectivity index (χ4v) is 4.50. The summed E-state index contributed by atoms with van der Waals surface area (Å²) < 4.78 is 31.5. The zero-order valence-electron chi connectivity index (χ0n) is 8.66. The summed E-state index contributed by atoms with van der Waals surface area (Å²) in [7, 11) is -2.13. The highest BCUT2D eigenvalue weighted by molar-refractivity contribution is 7.89. The van der Waals surface area contributed by atoms with Gasteiger partial charge in [0.1, 0.15) is 9.23 Å². The molecule has 16 heavy (non-hydrogen) atoms. The molecule has 1 aromatic rings. The standard InChI is InChI=1S/C8H11Cl2NO3S2/c1-5(4-14-2)11-16(12,13)6-3-7(9)15-8(6)10/h3,5,11H,4H2,1-2H3. The van der Waals surface area contributed by atoms with Gasteiger partial charge in [-0.2, -0.15) is 0 Å². The van der Waals surface area contributed by atoms with Crippen LogP contribution in [0.5, 0.6) is 0 Å². The Morgan fingerprint density at radius 3 is 2.62 bits per heavy atom. The minimum Gasteiger partial charge on any atom is -0.383 e. The maximum atomic E-state index is 11.8. The Balaban J connectivity index is 2.90. The number of halogens is 2. The first kappa shape index (κ1) is 14.2. The van der Waals surface area contributed by atoms with Gasteiger partial charge in [0.05, 0.1) is 10.9 Å². The number of nitrogens with one attached hydrogen (secondary N) is 1. The van der Waals surface area contributed by atoms with Crippen molar-refractivity contribution >= 4 is 44.6 Å².